The third-order valence-corrected chi connectivity index (χ3v) is 15.0. The molecular weight excluding hydrogens is 972 g/mol. The van der Waals surface area contributed by atoms with Crippen LogP contribution >= 0.6 is 23.2 Å². The van der Waals surface area contributed by atoms with Crippen LogP contribution < -0.4 is 10.6 Å². The van der Waals surface area contributed by atoms with Crippen molar-refractivity contribution in [2.45, 2.75) is 58.3 Å². The first kappa shape index (κ1) is 50.2. The molecule has 2 fully saturated rings. The number of halogens is 2. The number of rotatable bonds is 15. The van der Waals surface area contributed by atoms with E-state index in [1.807, 2.05) is 68.9 Å². The number of fused-ring (bicyclic) bond motifs is 4. The van der Waals surface area contributed by atoms with E-state index >= 15 is 0 Å². The van der Waals surface area contributed by atoms with Gasteiger partial charge in [-0.15, -0.1) is 0 Å². The van der Waals surface area contributed by atoms with E-state index in [2.05, 4.69) is 72.4 Å². The SMILES string of the molecule is C[C@H](CN1CC(C#N)C1)NC(=O)c1c[nH]c2ncc(-c3nn(C)c4cc(Cl)ccc34)nc12.C[C@H](CN1CC(C#N)C1)NC(=O)c1cn(COCC[Si](C)(C)C)c2ncc(-c3nn(C)c4cc(Cl)ccc34)nc12. The summed E-state index contributed by atoms with van der Waals surface area (Å²) < 4.78 is 11.4. The van der Waals surface area contributed by atoms with Crippen LogP contribution in [0.4, 0.5) is 0 Å². The summed E-state index contributed by atoms with van der Waals surface area (Å²) in [6.45, 7) is 16.2. The fraction of sp³-hybridized carbons (Fsp3) is 0.400. The molecule has 6 aromatic heterocycles. The molecule has 372 valence electrons. The molecule has 22 heteroatoms. The minimum atomic E-state index is -1.23. The fourth-order valence-corrected chi connectivity index (χ4v) is 10.1. The first-order valence-corrected chi connectivity index (χ1v) is 28.3. The second-order valence-corrected chi connectivity index (χ2v) is 26.5. The molecule has 10 rings (SSSR count). The lowest BCUT2D eigenvalue weighted by atomic mass is 10.0. The van der Waals surface area contributed by atoms with Crippen LogP contribution in [0.25, 0.3) is 66.9 Å². The van der Waals surface area contributed by atoms with Gasteiger partial charge in [-0.05, 0) is 56.3 Å². The third-order valence-electron chi connectivity index (χ3n) is 12.9. The summed E-state index contributed by atoms with van der Waals surface area (Å²) in [5.41, 5.74) is 7.26. The van der Waals surface area contributed by atoms with Gasteiger partial charge in [0.1, 0.15) is 40.5 Å². The normalized spacial score (nSPS) is 15.4. The van der Waals surface area contributed by atoms with Crippen molar-refractivity contribution in [2.75, 3.05) is 45.9 Å². The molecule has 2 amide bonds. The summed E-state index contributed by atoms with van der Waals surface area (Å²) in [7, 11) is 2.48. The average molecular weight is 1030 g/mol. The number of benzene rings is 2. The summed E-state index contributed by atoms with van der Waals surface area (Å²) in [6.07, 6.45) is 6.74. The molecule has 0 aliphatic carbocycles. The zero-order chi connectivity index (χ0) is 51.0. The highest BCUT2D eigenvalue weighted by atomic mass is 35.5. The molecule has 8 aromatic rings. The Morgan fingerprint density at radius 1 is 0.792 bits per heavy atom. The number of aryl methyl sites for hydroxylation is 2. The number of amides is 2. The monoisotopic (exact) mass is 1030 g/mol. The van der Waals surface area contributed by atoms with E-state index in [0.717, 1.165) is 54.0 Å². The maximum absolute atomic E-state index is 13.5. The van der Waals surface area contributed by atoms with Crippen molar-refractivity contribution in [2.24, 2.45) is 25.9 Å². The molecule has 0 spiro atoms. The molecule has 2 aliphatic heterocycles. The standard InChI is InChI=1S/C28H35ClN8O2Si.C22H21ClN8O/c1-18(13-36-14-19(11-30)15-36)32-28(38)22-16-37(17-39-8-9-40(3,4)5)27-26(22)33-23(12-31-27)25-21-7-6-20(29)10-24(21)35(2)34-25;1-12(9-31-10-13(6-24)11-31)27-22(32)16-7-25-21-20(16)28-17(8-26-21)19-15-4-3-14(23)5-18(15)30(2)29-19/h6-7,10,12,16,18-19H,8-9,13-15,17H2,1-5H3,(H,32,38);3-5,7-8,12-13H,9-11H2,1-2H3,(H,25,26)(H,27,32)/t18-;12-/m11/s1. The first-order valence-electron chi connectivity index (χ1n) is 23.8. The van der Waals surface area contributed by atoms with E-state index in [4.69, 9.17) is 53.4 Å². The molecule has 2 saturated heterocycles. The number of aromatic nitrogens is 10. The number of hydrogen-bond donors (Lipinski definition) is 3. The summed E-state index contributed by atoms with van der Waals surface area (Å²) in [4.78, 5) is 52.6. The number of H-pyrrole nitrogens is 1. The van der Waals surface area contributed by atoms with E-state index in [-0.39, 0.29) is 42.5 Å². The quantitative estimate of drug-likeness (QED) is 0.0679. The van der Waals surface area contributed by atoms with Crippen LogP contribution in [0.5, 0.6) is 0 Å². The zero-order valence-electron chi connectivity index (χ0n) is 41.2. The van der Waals surface area contributed by atoms with Crippen LogP contribution in [-0.2, 0) is 25.6 Å². The number of nitrogens with one attached hydrogen (secondary N) is 3. The molecule has 2 aliphatic rings. The highest BCUT2D eigenvalue weighted by molar-refractivity contribution is 6.76. The Bertz CT molecular complexity index is 3420. The number of carbonyl (C=O) groups excluding carboxylic acids is 2. The van der Waals surface area contributed by atoms with Gasteiger partial charge in [0.05, 0.1) is 58.5 Å². The summed E-state index contributed by atoms with van der Waals surface area (Å²) >= 11 is 12.3. The van der Waals surface area contributed by atoms with E-state index in [1.54, 1.807) is 34.2 Å². The van der Waals surface area contributed by atoms with Gasteiger partial charge in [0.25, 0.3) is 11.8 Å². The van der Waals surface area contributed by atoms with Crippen LogP contribution in [0.2, 0.25) is 35.7 Å². The molecule has 0 saturated carbocycles. The second kappa shape index (κ2) is 20.7. The Labute approximate surface area is 427 Å². The lowest BCUT2D eigenvalue weighted by Gasteiger charge is -2.37. The highest BCUT2D eigenvalue weighted by Crippen LogP contribution is 2.32. The lowest BCUT2D eigenvalue weighted by molar-refractivity contribution is 0.0870. The smallest absolute Gasteiger partial charge is 0.255 e. The molecule has 8 heterocycles. The Kier molecular flexibility index (Phi) is 14.5. The van der Waals surface area contributed by atoms with Crippen LogP contribution in [0.15, 0.2) is 61.2 Å². The predicted octanol–water partition coefficient (Wildman–Crippen LogP) is 7.26. The van der Waals surface area contributed by atoms with Crippen LogP contribution in [0, 0.1) is 34.5 Å². The molecule has 19 nitrogen and oxygen atoms in total. The lowest BCUT2D eigenvalue weighted by Crippen LogP contribution is -2.51. The molecule has 72 heavy (non-hydrogen) atoms. The van der Waals surface area contributed by atoms with E-state index in [1.165, 1.54) is 0 Å². The van der Waals surface area contributed by atoms with Crippen LogP contribution in [-0.4, -0.2) is 137 Å². The first-order chi connectivity index (χ1) is 34.4. The number of nitriles is 2. The Balaban J connectivity index is 0.000000182. The number of ether oxygens (including phenoxy) is 1. The Hall–Kier alpha value is -6.78. The van der Waals surface area contributed by atoms with Gasteiger partial charge in [-0.2, -0.15) is 20.7 Å². The van der Waals surface area contributed by atoms with Crippen LogP contribution in [0.3, 0.4) is 0 Å². The van der Waals surface area contributed by atoms with Gasteiger partial charge in [0.2, 0.25) is 0 Å². The van der Waals surface area contributed by atoms with Crippen molar-refractivity contribution in [1.82, 2.24) is 69.5 Å². The van der Waals surface area contributed by atoms with Gasteiger partial charge in [0.15, 0.2) is 11.3 Å². The van der Waals surface area contributed by atoms with E-state index < -0.39 is 8.07 Å². The molecule has 2 atom stereocenters. The summed E-state index contributed by atoms with van der Waals surface area (Å²) in [6, 6.07) is 16.6. The van der Waals surface area contributed by atoms with E-state index in [9.17, 15) is 9.59 Å². The number of carbonyl (C=O) groups is 2. The largest absolute Gasteiger partial charge is 0.361 e. The van der Waals surface area contributed by atoms with Gasteiger partial charge in [0, 0.05) is 113 Å². The number of hydrogen-bond acceptors (Lipinski definition) is 13. The van der Waals surface area contributed by atoms with Gasteiger partial charge in [-0.1, -0.05) is 42.8 Å². The van der Waals surface area contributed by atoms with Crippen molar-refractivity contribution in [3.8, 4) is 34.9 Å². The van der Waals surface area contributed by atoms with Crippen molar-refractivity contribution >= 4 is 87.2 Å². The van der Waals surface area contributed by atoms with E-state index in [0.29, 0.717) is 86.0 Å². The predicted molar refractivity (Wildman–Crippen MR) is 280 cm³/mol. The number of likely N-dealkylation sites (tertiary alicyclic amines) is 2. The minimum absolute atomic E-state index is 0.0623. The fourth-order valence-electron chi connectivity index (χ4n) is 9.06. The number of nitrogens with zero attached hydrogens (tertiary/aromatic N) is 13. The van der Waals surface area contributed by atoms with Gasteiger partial charge in [-0.25, -0.2) is 19.9 Å². The molecule has 0 radical (unpaired) electrons. The zero-order valence-corrected chi connectivity index (χ0v) is 43.8. The van der Waals surface area contributed by atoms with Crippen molar-refractivity contribution in [1.29, 1.82) is 10.5 Å². The third kappa shape index (κ3) is 10.8. The molecule has 0 unspecified atom stereocenters. The van der Waals surface area contributed by atoms with Gasteiger partial charge < -0.3 is 24.9 Å². The average Bonchev–Trinajstić information content (AvgIpc) is 4.08. The topological polar surface area (TPSA) is 229 Å². The molecule has 2 aromatic carbocycles. The number of aromatic amines is 1. The molecular formula is C50H56Cl2N16O3Si. The minimum Gasteiger partial charge on any atom is -0.361 e. The molecule has 0 bridgehead atoms. The van der Waals surface area contributed by atoms with Gasteiger partial charge in [-0.3, -0.25) is 28.8 Å². The second-order valence-electron chi connectivity index (χ2n) is 20.0. The van der Waals surface area contributed by atoms with Gasteiger partial charge >= 0.3 is 0 Å². The van der Waals surface area contributed by atoms with Crippen molar-refractivity contribution in [3.05, 3.63) is 82.4 Å². The maximum atomic E-state index is 13.5. The Morgan fingerprint density at radius 3 is 1.83 bits per heavy atom. The summed E-state index contributed by atoms with van der Waals surface area (Å²) in [5, 5.41) is 36.4. The Morgan fingerprint density at radius 2 is 1.31 bits per heavy atom. The molecule has 3 N–H and O–H groups in total. The highest BCUT2D eigenvalue weighted by Gasteiger charge is 2.30. The van der Waals surface area contributed by atoms with Crippen molar-refractivity contribution in [3.63, 3.8) is 0 Å². The van der Waals surface area contributed by atoms with Crippen molar-refractivity contribution < 1.29 is 14.3 Å². The van der Waals surface area contributed by atoms with Crippen LogP contribution in [0.1, 0.15) is 34.6 Å². The maximum Gasteiger partial charge on any atom is 0.255 e. The summed E-state index contributed by atoms with van der Waals surface area (Å²) in [5.74, 6) is -0.266.